The molecule has 6 heteroatoms. The van der Waals surface area contributed by atoms with Crippen LogP contribution in [0.2, 0.25) is 0 Å². The molecule has 2 aromatic heterocycles. The maximum absolute atomic E-state index is 12.4. The first-order chi connectivity index (χ1) is 11.0. The van der Waals surface area contributed by atoms with Crippen molar-refractivity contribution >= 4 is 5.91 Å². The summed E-state index contributed by atoms with van der Waals surface area (Å²) in [5.41, 5.74) is 4.25. The SMILES string of the molecule is Cc1nn(C)c(C)c1-c1cc(C(=O)NC2CCCC(C)C2)[nH]n1. The van der Waals surface area contributed by atoms with E-state index in [2.05, 4.69) is 27.5 Å². The van der Waals surface area contributed by atoms with E-state index in [0.29, 0.717) is 11.6 Å². The van der Waals surface area contributed by atoms with Gasteiger partial charge in [-0.3, -0.25) is 14.6 Å². The molecule has 6 nitrogen and oxygen atoms in total. The molecule has 124 valence electrons. The van der Waals surface area contributed by atoms with Gasteiger partial charge in [-0.15, -0.1) is 0 Å². The second kappa shape index (κ2) is 6.18. The number of aromatic amines is 1. The van der Waals surface area contributed by atoms with Crippen molar-refractivity contribution in [1.82, 2.24) is 25.3 Å². The van der Waals surface area contributed by atoms with Crippen molar-refractivity contribution < 1.29 is 4.79 Å². The van der Waals surface area contributed by atoms with Gasteiger partial charge >= 0.3 is 0 Å². The lowest BCUT2D eigenvalue weighted by Crippen LogP contribution is -2.38. The summed E-state index contributed by atoms with van der Waals surface area (Å²) in [4.78, 5) is 12.4. The van der Waals surface area contributed by atoms with Crippen LogP contribution in [0.4, 0.5) is 0 Å². The second-order valence-corrected chi connectivity index (χ2v) is 6.78. The highest BCUT2D eigenvalue weighted by Crippen LogP contribution is 2.26. The Bertz CT molecular complexity index is 715. The Morgan fingerprint density at radius 1 is 1.39 bits per heavy atom. The fraction of sp³-hybridized carbons (Fsp3) is 0.588. The zero-order valence-corrected chi connectivity index (χ0v) is 14.3. The van der Waals surface area contributed by atoms with E-state index in [4.69, 9.17) is 0 Å². The fourth-order valence-electron chi connectivity index (χ4n) is 3.54. The lowest BCUT2D eigenvalue weighted by Gasteiger charge is -2.27. The van der Waals surface area contributed by atoms with E-state index < -0.39 is 0 Å². The lowest BCUT2D eigenvalue weighted by molar-refractivity contribution is 0.0916. The van der Waals surface area contributed by atoms with Crippen LogP contribution in [0, 0.1) is 19.8 Å². The van der Waals surface area contributed by atoms with Crippen molar-refractivity contribution in [3.8, 4) is 11.3 Å². The molecule has 1 aliphatic rings. The number of aromatic nitrogens is 4. The van der Waals surface area contributed by atoms with Crippen molar-refractivity contribution in [2.45, 2.75) is 52.5 Å². The summed E-state index contributed by atoms with van der Waals surface area (Å²) in [7, 11) is 1.91. The smallest absolute Gasteiger partial charge is 0.269 e. The maximum atomic E-state index is 12.4. The highest BCUT2D eigenvalue weighted by molar-refractivity contribution is 5.93. The van der Waals surface area contributed by atoms with E-state index in [-0.39, 0.29) is 11.9 Å². The Morgan fingerprint density at radius 2 is 2.17 bits per heavy atom. The molecule has 2 aromatic rings. The molecule has 0 bridgehead atoms. The summed E-state index contributed by atoms with van der Waals surface area (Å²) < 4.78 is 1.84. The molecule has 0 aliphatic heterocycles. The van der Waals surface area contributed by atoms with Crippen LogP contribution in [-0.4, -0.2) is 31.9 Å². The van der Waals surface area contributed by atoms with Gasteiger partial charge in [-0.05, 0) is 38.7 Å². The lowest BCUT2D eigenvalue weighted by atomic mass is 9.87. The number of nitrogens with zero attached hydrogens (tertiary/aromatic N) is 3. The summed E-state index contributed by atoms with van der Waals surface area (Å²) in [5, 5.41) is 14.7. The number of H-pyrrole nitrogens is 1. The maximum Gasteiger partial charge on any atom is 0.269 e. The first-order valence-electron chi connectivity index (χ1n) is 8.32. The molecule has 0 aromatic carbocycles. The highest BCUT2D eigenvalue weighted by atomic mass is 16.2. The number of rotatable bonds is 3. The van der Waals surface area contributed by atoms with Crippen molar-refractivity contribution in [3.63, 3.8) is 0 Å². The predicted octanol–water partition coefficient (Wildman–Crippen LogP) is 2.74. The molecule has 2 heterocycles. The van der Waals surface area contributed by atoms with Gasteiger partial charge < -0.3 is 5.32 Å². The predicted molar refractivity (Wildman–Crippen MR) is 89.1 cm³/mol. The van der Waals surface area contributed by atoms with Gasteiger partial charge in [-0.25, -0.2) is 0 Å². The summed E-state index contributed by atoms with van der Waals surface area (Å²) in [5.74, 6) is 0.620. The molecule has 1 amide bonds. The topological polar surface area (TPSA) is 75.6 Å². The molecule has 0 saturated heterocycles. The molecule has 1 saturated carbocycles. The Hall–Kier alpha value is -2.11. The third-order valence-corrected chi connectivity index (χ3v) is 4.86. The standard InChI is InChI=1S/C17H25N5O/c1-10-6-5-7-13(8-10)18-17(23)15-9-14(19-20-15)16-11(2)21-22(4)12(16)3/h9-10,13H,5-8H2,1-4H3,(H,18,23)(H,19,20). The number of carbonyl (C=O) groups excluding carboxylic acids is 1. The normalized spacial score (nSPS) is 21.4. The van der Waals surface area contributed by atoms with Gasteiger partial charge in [0.05, 0.1) is 11.4 Å². The third-order valence-electron chi connectivity index (χ3n) is 4.86. The molecule has 2 N–H and O–H groups in total. The van der Waals surface area contributed by atoms with Crippen molar-refractivity contribution in [2.75, 3.05) is 0 Å². The van der Waals surface area contributed by atoms with Gasteiger partial charge in [-0.1, -0.05) is 19.8 Å². The van der Waals surface area contributed by atoms with Gasteiger partial charge in [-0.2, -0.15) is 10.2 Å². The summed E-state index contributed by atoms with van der Waals surface area (Å²) in [6, 6.07) is 2.10. The van der Waals surface area contributed by atoms with Crippen LogP contribution in [0.1, 0.15) is 54.5 Å². The van der Waals surface area contributed by atoms with Crippen molar-refractivity contribution in [3.05, 3.63) is 23.1 Å². The van der Waals surface area contributed by atoms with Crippen LogP contribution in [0.15, 0.2) is 6.07 Å². The molecule has 2 atom stereocenters. The second-order valence-electron chi connectivity index (χ2n) is 6.78. The molecular weight excluding hydrogens is 290 g/mol. The van der Waals surface area contributed by atoms with Gasteiger partial charge in [0, 0.05) is 24.3 Å². The van der Waals surface area contributed by atoms with Crippen LogP contribution in [0.25, 0.3) is 11.3 Å². The molecule has 2 unspecified atom stereocenters. The average Bonchev–Trinajstić information content (AvgIpc) is 3.05. The average molecular weight is 315 g/mol. The number of hydrogen-bond donors (Lipinski definition) is 2. The summed E-state index contributed by atoms with van der Waals surface area (Å²) in [6.45, 7) is 6.22. The Morgan fingerprint density at radius 3 is 2.83 bits per heavy atom. The Labute approximate surface area is 136 Å². The van der Waals surface area contributed by atoms with Crippen LogP contribution in [-0.2, 0) is 7.05 Å². The minimum atomic E-state index is -0.0675. The zero-order valence-electron chi connectivity index (χ0n) is 14.3. The van der Waals surface area contributed by atoms with Gasteiger partial charge in [0.15, 0.2) is 0 Å². The van der Waals surface area contributed by atoms with Crippen LogP contribution in [0.5, 0.6) is 0 Å². The molecule has 1 aliphatic carbocycles. The monoisotopic (exact) mass is 315 g/mol. The number of aryl methyl sites for hydroxylation is 2. The van der Waals surface area contributed by atoms with E-state index in [9.17, 15) is 4.79 Å². The molecule has 23 heavy (non-hydrogen) atoms. The van der Waals surface area contributed by atoms with Gasteiger partial charge in [0.1, 0.15) is 5.69 Å². The first-order valence-corrected chi connectivity index (χ1v) is 8.32. The molecular formula is C17H25N5O. The minimum Gasteiger partial charge on any atom is -0.348 e. The minimum absolute atomic E-state index is 0.0675. The molecule has 1 fully saturated rings. The Kier molecular flexibility index (Phi) is 4.24. The van der Waals surface area contributed by atoms with Crippen LogP contribution < -0.4 is 5.32 Å². The van der Waals surface area contributed by atoms with E-state index in [1.165, 1.54) is 12.8 Å². The van der Waals surface area contributed by atoms with E-state index in [1.54, 1.807) is 0 Å². The third kappa shape index (κ3) is 3.16. The van der Waals surface area contributed by atoms with E-state index in [1.807, 2.05) is 31.6 Å². The fourth-order valence-corrected chi connectivity index (χ4v) is 3.54. The van der Waals surface area contributed by atoms with Crippen molar-refractivity contribution in [2.24, 2.45) is 13.0 Å². The summed E-state index contributed by atoms with van der Waals surface area (Å²) >= 11 is 0. The molecule has 3 rings (SSSR count). The van der Waals surface area contributed by atoms with Crippen molar-refractivity contribution in [1.29, 1.82) is 0 Å². The van der Waals surface area contributed by atoms with Crippen LogP contribution >= 0.6 is 0 Å². The summed E-state index contributed by atoms with van der Waals surface area (Å²) in [6.07, 6.45) is 4.58. The van der Waals surface area contributed by atoms with E-state index >= 15 is 0 Å². The first kappa shape index (κ1) is 15.8. The van der Waals surface area contributed by atoms with Gasteiger partial charge in [0.25, 0.3) is 5.91 Å². The van der Waals surface area contributed by atoms with Gasteiger partial charge in [0.2, 0.25) is 0 Å². The number of amides is 1. The number of nitrogens with one attached hydrogen (secondary N) is 2. The Balaban J connectivity index is 1.75. The van der Waals surface area contributed by atoms with E-state index in [0.717, 1.165) is 35.5 Å². The highest BCUT2D eigenvalue weighted by Gasteiger charge is 2.22. The molecule has 0 spiro atoms. The molecule has 0 radical (unpaired) electrons. The number of carbonyl (C=O) groups is 1. The zero-order chi connectivity index (χ0) is 16.6. The quantitative estimate of drug-likeness (QED) is 0.914. The van der Waals surface area contributed by atoms with Crippen LogP contribution in [0.3, 0.4) is 0 Å². The largest absolute Gasteiger partial charge is 0.348 e. The number of hydrogen-bond acceptors (Lipinski definition) is 3.